The Morgan fingerprint density at radius 1 is 1.42 bits per heavy atom. The number of hydrogen-bond acceptors (Lipinski definition) is 4. The van der Waals surface area contributed by atoms with E-state index in [1.807, 2.05) is 13.8 Å². The number of anilines is 1. The van der Waals surface area contributed by atoms with Crippen molar-refractivity contribution >= 4 is 34.2 Å². The maximum atomic E-state index is 13.9. The number of H-pyrrole nitrogens is 1. The van der Waals surface area contributed by atoms with Gasteiger partial charge in [-0.1, -0.05) is 24.9 Å². The average Bonchev–Trinajstić information content (AvgIpc) is 3.05. The minimum Gasteiger partial charge on any atom is -0.398 e. The fraction of sp³-hybridized carbons (Fsp3) is 0.278. The van der Waals surface area contributed by atoms with Crippen molar-refractivity contribution in [1.29, 1.82) is 0 Å². The second kappa shape index (κ2) is 7.29. The molecule has 0 fully saturated rings. The molecule has 2 aromatic heterocycles. The summed E-state index contributed by atoms with van der Waals surface area (Å²) in [6.45, 7) is 3.87. The van der Waals surface area contributed by atoms with Crippen molar-refractivity contribution in [2.24, 2.45) is 0 Å². The van der Waals surface area contributed by atoms with E-state index in [0.717, 1.165) is 24.1 Å². The van der Waals surface area contributed by atoms with Crippen LogP contribution in [0, 0.1) is 5.82 Å². The second-order valence-electron chi connectivity index (χ2n) is 6.04. The van der Waals surface area contributed by atoms with Gasteiger partial charge >= 0.3 is 0 Å². The molecule has 0 aliphatic heterocycles. The molecule has 0 radical (unpaired) electrons. The minimum atomic E-state index is -0.547. The Morgan fingerprint density at radius 2 is 2.19 bits per heavy atom. The summed E-state index contributed by atoms with van der Waals surface area (Å²) >= 11 is 6.03. The fourth-order valence-corrected chi connectivity index (χ4v) is 3.14. The summed E-state index contributed by atoms with van der Waals surface area (Å²) in [6.07, 6.45) is 3.32. The number of imidazole rings is 1. The molecule has 0 aliphatic carbocycles. The second-order valence-corrected chi connectivity index (χ2v) is 6.45. The van der Waals surface area contributed by atoms with Crippen LogP contribution in [0.15, 0.2) is 24.4 Å². The molecule has 2 heterocycles. The van der Waals surface area contributed by atoms with E-state index in [0.29, 0.717) is 10.7 Å². The van der Waals surface area contributed by atoms with E-state index in [1.54, 1.807) is 12.3 Å². The summed E-state index contributed by atoms with van der Waals surface area (Å²) in [7, 11) is 0. The van der Waals surface area contributed by atoms with Crippen LogP contribution < -0.4 is 11.1 Å². The van der Waals surface area contributed by atoms with Gasteiger partial charge in [0.1, 0.15) is 5.52 Å². The van der Waals surface area contributed by atoms with Crippen LogP contribution in [0.3, 0.4) is 0 Å². The number of aryl methyl sites for hydroxylation is 1. The smallest absolute Gasteiger partial charge is 0.287 e. The third-order valence-corrected chi connectivity index (χ3v) is 4.45. The van der Waals surface area contributed by atoms with Gasteiger partial charge in [0.05, 0.1) is 16.6 Å². The molecule has 3 rings (SSSR count). The van der Waals surface area contributed by atoms with Crippen LogP contribution in [0.1, 0.15) is 48.2 Å². The third-order valence-electron chi connectivity index (χ3n) is 4.13. The Hall–Kier alpha value is -2.67. The van der Waals surface area contributed by atoms with Gasteiger partial charge in [-0.3, -0.25) is 9.78 Å². The van der Waals surface area contributed by atoms with Gasteiger partial charge in [-0.2, -0.15) is 0 Å². The van der Waals surface area contributed by atoms with Gasteiger partial charge in [-0.25, -0.2) is 9.37 Å². The van der Waals surface area contributed by atoms with Crippen LogP contribution in [0.2, 0.25) is 5.02 Å². The Labute approximate surface area is 155 Å². The van der Waals surface area contributed by atoms with Crippen LogP contribution >= 0.6 is 11.6 Å². The number of nitrogens with zero attached hydrogens (tertiary/aromatic N) is 2. The Balaban J connectivity index is 1.89. The van der Waals surface area contributed by atoms with Crippen LogP contribution in [0.4, 0.5) is 10.1 Å². The van der Waals surface area contributed by atoms with E-state index in [2.05, 4.69) is 20.3 Å². The van der Waals surface area contributed by atoms with Crippen molar-refractivity contribution in [2.75, 3.05) is 5.73 Å². The zero-order chi connectivity index (χ0) is 18.8. The zero-order valence-electron chi connectivity index (χ0n) is 14.4. The molecule has 0 spiro atoms. The van der Waals surface area contributed by atoms with Crippen molar-refractivity contribution in [2.45, 2.75) is 32.7 Å². The number of aromatic nitrogens is 3. The quantitative estimate of drug-likeness (QED) is 0.632. The highest BCUT2D eigenvalue weighted by atomic mass is 35.5. The molecule has 0 saturated carbocycles. The van der Waals surface area contributed by atoms with Crippen molar-refractivity contribution in [3.8, 4) is 0 Å². The van der Waals surface area contributed by atoms with Gasteiger partial charge in [0.2, 0.25) is 0 Å². The largest absolute Gasteiger partial charge is 0.398 e. The summed E-state index contributed by atoms with van der Waals surface area (Å²) in [5.74, 6) is -1.04. The number of carbonyl (C=O) groups is 1. The predicted octanol–water partition coefficient (Wildman–Crippen LogP) is 3.78. The molecule has 1 amide bonds. The number of hydrogen-bond donors (Lipinski definition) is 3. The Kier molecular flexibility index (Phi) is 5.08. The van der Waals surface area contributed by atoms with E-state index in [9.17, 15) is 9.18 Å². The van der Waals surface area contributed by atoms with Gasteiger partial charge in [-0.05, 0) is 31.5 Å². The monoisotopic (exact) mass is 375 g/mol. The number of carbonyl (C=O) groups excluding carboxylic acids is 1. The normalized spacial score (nSPS) is 12.3. The van der Waals surface area contributed by atoms with E-state index in [1.165, 1.54) is 12.1 Å². The van der Waals surface area contributed by atoms with Gasteiger partial charge in [0, 0.05) is 23.1 Å². The van der Waals surface area contributed by atoms with Gasteiger partial charge in [-0.15, -0.1) is 0 Å². The molecule has 6 nitrogen and oxygen atoms in total. The number of rotatable bonds is 5. The molecule has 0 aliphatic rings. The summed E-state index contributed by atoms with van der Waals surface area (Å²) in [5, 5.41) is 3.13. The first kappa shape index (κ1) is 18.1. The minimum absolute atomic E-state index is 0.0154. The number of fused-ring (bicyclic) bond motifs is 1. The van der Waals surface area contributed by atoms with Gasteiger partial charge in [0.25, 0.3) is 5.91 Å². The van der Waals surface area contributed by atoms with E-state index < -0.39 is 11.7 Å². The summed E-state index contributed by atoms with van der Waals surface area (Å²) in [4.78, 5) is 23.7. The van der Waals surface area contributed by atoms with Crippen LogP contribution in [-0.4, -0.2) is 20.9 Å². The Morgan fingerprint density at radius 3 is 2.88 bits per heavy atom. The molecule has 0 saturated heterocycles. The molecule has 0 bridgehead atoms. The molecule has 1 aromatic carbocycles. The molecule has 8 heteroatoms. The highest BCUT2D eigenvalue weighted by molar-refractivity contribution is 6.35. The van der Waals surface area contributed by atoms with Gasteiger partial charge in [0.15, 0.2) is 11.6 Å². The third kappa shape index (κ3) is 3.35. The number of halogens is 2. The molecule has 136 valence electrons. The number of nitrogens with two attached hydrogens (primary N) is 1. The first-order chi connectivity index (χ1) is 12.4. The molecule has 3 aromatic rings. The predicted molar refractivity (Wildman–Crippen MR) is 99.6 cm³/mol. The number of aromatic amines is 1. The molecule has 1 atom stereocenters. The van der Waals surface area contributed by atoms with Crippen LogP contribution in [-0.2, 0) is 6.42 Å². The SMILES string of the molecule is CCCc1nccc(N)c1C(C)NC(=O)c1nc2c(F)ccc(Cl)c2[nH]1. The molecule has 4 N–H and O–H groups in total. The van der Waals surface area contributed by atoms with Crippen molar-refractivity contribution < 1.29 is 9.18 Å². The molecular formula is C18H19ClFN5O. The Bertz CT molecular complexity index is 933. The summed E-state index contributed by atoms with van der Waals surface area (Å²) in [6, 6.07) is 3.94. The van der Waals surface area contributed by atoms with Gasteiger partial charge < -0.3 is 16.0 Å². The van der Waals surface area contributed by atoms with Crippen molar-refractivity contribution in [3.63, 3.8) is 0 Å². The van der Waals surface area contributed by atoms with Crippen molar-refractivity contribution in [3.05, 3.63) is 52.3 Å². The maximum absolute atomic E-state index is 13.9. The molecular weight excluding hydrogens is 357 g/mol. The van der Waals surface area contributed by atoms with Crippen LogP contribution in [0.5, 0.6) is 0 Å². The number of pyridine rings is 1. The summed E-state index contributed by atoms with van der Waals surface area (Å²) < 4.78 is 13.9. The number of nitrogen functional groups attached to an aromatic ring is 1. The first-order valence-electron chi connectivity index (χ1n) is 8.30. The zero-order valence-corrected chi connectivity index (χ0v) is 15.2. The van der Waals surface area contributed by atoms with E-state index in [4.69, 9.17) is 17.3 Å². The maximum Gasteiger partial charge on any atom is 0.287 e. The highest BCUT2D eigenvalue weighted by Gasteiger charge is 2.21. The molecule has 26 heavy (non-hydrogen) atoms. The molecule has 1 unspecified atom stereocenters. The fourth-order valence-electron chi connectivity index (χ4n) is 2.94. The summed E-state index contributed by atoms with van der Waals surface area (Å²) in [5.41, 5.74) is 8.60. The highest BCUT2D eigenvalue weighted by Crippen LogP contribution is 2.26. The standard InChI is InChI=1S/C18H19ClFN5O/c1-3-4-13-14(12(21)7-8-22-13)9(2)23-18(26)17-24-15-10(19)5-6-11(20)16(15)25-17/h5-9H,3-4H2,1-2H3,(H2,21,22)(H,23,26)(H,24,25). The lowest BCUT2D eigenvalue weighted by molar-refractivity contribution is 0.0930. The van der Waals surface area contributed by atoms with Crippen molar-refractivity contribution in [1.82, 2.24) is 20.3 Å². The topological polar surface area (TPSA) is 96.7 Å². The average molecular weight is 376 g/mol. The lowest BCUT2D eigenvalue weighted by Gasteiger charge is -2.18. The number of amides is 1. The number of benzene rings is 1. The van der Waals surface area contributed by atoms with E-state index >= 15 is 0 Å². The van der Waals surface area contributed by atoms with Crippen LogP contribution in [0.25, 0.3) is 11.0 Å². The van der Waals surface area contributed by atoms with E-state index in [-0.39, 0.29) is 22.9 Å². The first-order valence-corrected chi connectivity index (χ1v) is 8.68. The lowest BCUT2D eigenvalue weighted by Crippen LogP contribution is -2.29. The number of nitrogens with one attached hydrogen (secondary N) is 2. The lowest BCUT2D eigenvalue weighted by atomic mass is 10.0.